The van der Waals surface area contributed by atoms with Crippen LogP contribution in [0.2, 0.25) is 0 Å². The van der Waals surface area contributed by atoms with Crippen molar-refractivity contribution in [2.24, 2.45) is 11.0 Å². The molecule has 0 fully saturated rings. The first kappa shape index (κ1) is 9.57. The lowest BCUT2D eigenvalue weighted by Gasteiger charge is -2.07. The fourth-order valence-electron chi connectivity index (χ4n) is 1.26. The van der Waals surface area contributed by atoms with E-state index in [0.29, 0.717) is 5.71 Å². The van der Waals surface area contributed by atoms with Crippen LogP contribution in [0.1, 0.15) is 20.8 Å². The van der Waals surface area contributed by atoms with Crippen molar-refractivity contribution in [3.05, 3.63) is 0 Å². The van der Waals surface area contributed by atoms with Crippen molar-refractivity contribution >= 4 is 23.3 Å². The molecule has 1 heterocycles. The molecular weight excluding hydrogens is 172 g/mol. The standard InChI is InChI=1S/C8H10N2O3/c1-4-7(5(2)11)8(13)10(9-4)6(3)12/h7H,1-3H3/t7-/m1/s1. The average molecular weight is 182 g/mol. The minimum absolute atomic E-state index is 0.282. The van der Waals surface area contributed by atoms with Gasteiger partial charge >= 0.3 is 0 Å². The number of Topliss-reactive ketones (excluding diaryl/α,β-unsaturated/α-hetero) is 1. The Morgan fingerprint density at radius 3 is 2.15 bits per heavy atom. The number of hydrazone groups is 1. The van der Waals surface area contributed by atoms with Crippen LogP contribution in [0, 0.1) is 5.92 Å². The molecule has 1 rings (SSSR count). The molecule has 1 atom stereocenters. The zero-order chi connectivity index (χ0) is 10.2. The molecule has 1 aliphatic heterocycles. The van der Waals surface area contributed by atoms with Gasteiger partial charge in [-0.3, -0.25) is 14.4 Å². The number of nitrogens with zero attached hydrogens (tertiary/aromatic N) is 2. The summed E-state index contributed by atoms with van der Waals surface area (Å²) in [6, 6.07) is 0. The van der Waals surface area contributed by atoms with Crippen molar-refractivity contribution in [3.63, 3.8) is 0 Å². The minimum Gasteiger partial charge on any atom is -0.299 e. The lowest BCUT2D eigenvalue weighted by atomic mass is 10.0. The topological polar surface area (TPSA) is 66.8 Å². The molecule has 0 aliphatic carbocycles. The van der Waals surface area contributed by atoms with E-state index in [9.17, 15) is 14.4 Å². The molecule has 0 aromatic rings. The van der Waals surface area contributed by atoms with Gasteiger partial charge in [0.05, 0.1) is 5.71 Å². The van der Waals surface area contributed by atoms with Gasteiger partial charge in [0.15, 0.2) is 0 Å². The molecule has 0 bridgehead atoms. The zero-order valence-corrected chi connectivity index (χ0v) is 7.70. The van der Waals surface area contributed by atoms with Crippen LogP contribution >= 0.6 is 0 Å². The highest BCUT2D eigenvalue weighted by molar-refractivity contribution is 6.24. The van der Waals surface area contributed by atoms with Gasteiger partial charge in [0.25, 0.3) is 5.91 Å². The number of amides is 2. The van der Waals surface area contributed by atoms with Gasteiger partial charge in [0.2, 0.25) is 5.91 Å². The molecule has 0 spiro atoms. The summed E-state index contributed by atoms with van der Waals surface area (Å²) in [6.07, 6.45) is 0. The van der Waals surface area contributed by atoms with Gasteiger partial charge in [-0.1, -0.05) is 0 Å². The first-order valence-electron chi connectivity index (χ1n) is 3.85. The molecule has 2 amide bonds. The molecule has 1 aliphatic rings. The van der Waals surface area contributed by atoms with Crippen LogP contribution < -0.4 is 0 Å². The van der Waals surface area contributed by atoms with Gasteiger partial charge in [0.1, 0.15) is 11.7 Å². The maximum absolute atomic E-state index is 11.4. The molecule has 5 heteroatoms. The van der Waals surface area contributed by atoms with E-state index in [-0.39, 0.29) is 5.78 Å². The molecule has 13 heavy (non-hydrogen) atoms. The van der Waals surface area contributed by atoms with Crippen molar-refractivity contribution < 1.29 is 14.4 Å². The number of rotatable bonds is 1. The summed E-state index contributed by atoms with van der Waals surface area (Å²) < 4.78 is 0. The molecule has 0 N–H and O–H groups in total. The summed E-state index contributed by atoms with van der Waals surface area (Å²) in [6.45, 7) is 4.11. The summed E-state index contributed by atoms with van der Waals surface area (Å²) in [5.41, 5.74) is 0.382. The summed E-state index contributed by atoms with van der Waals surface area (Å²) in [7, 11) is 0. The summed E-state index contributed by atoms with van der Waals surface area (Å²) in [5.74, 6) is -2.15. The highest BCUT2D eigenvalue weighted by Gasteiger charge is 2.38. The molecule has 5 nitrogen and oxygen atoms in total. The van der Waals surface area contributed by atoms with Gasteiger partial charge in [0, 0.05) is 6.92 Å². The number of hydrogen-bond donors (Lipinski definition) is 0. The molecule has 0 radical (unpaired) electrons. The van der Waals surface area contributed by atoms with Gasteiger partial charge < -0.3 is 0 Å². The van der Waals surface area contributed by atoms with Crippen LogP contribution in [0.4, 0.5) is 0 Å². The molecule has 0 unspecified atom stereocenters. The number of carbonyl (C=O) groups excluding carboxylic acids is 3. The fraction of sp³-hybridized carbons (Fsp3) is 0.500. The number of carbonyl (C=O) groups is 3. The van der Waals surface area contributed by atoms with E-state index < -0.39 is 17.7 Å². The van der Waals surface area contributed by atoms with Crippen LogP contribution in [0.3, 0.4) is 0 Å². The monoisotopic (exact) mass is 182 g/mol. The van der Waals surface area contributed by atoms with Crippen LogP contribution in [0.25, 0.3) is 0 Å². The highest BCUT2D eigenvalue weighted by Crippen LogP contribution is 2.16. The zero-order valence-electron chi connectivity index (χ0n) is 7.70. The van der Waals surface area contributed by atoms with E-state index in [2.05, 4.69) is 5.10 Å². The Labute approximate surface area is 75.4 Å². The predicted octanol–water partition coefficient (Wildman–Crippen LogP) is -0.0438. The Hall–Kier alpha value is -1.52. The molecule has 0 saturated heterocycles. The van der Waals surface area contributed by atoms with Crippen molar-refractivity contribution in [2.45, 2.75) is 20.8 Å². The maximum atomic E-state index is 11.4. The summed E-state index contributed by atoms with van der Waals surface area (Å²) in [4.78, 5) is 33.2. The van der Waals surface area contributed by atoms with E-state index >= 15 is 0 Å². The first-order valence-corrected chi connectivity index (χ1v) is 3.85. The Morgan fingerprint density at radius 2 is 1.92 bits per heavy atom. The SMILES string of the molecule is CC(=O)[C@@H]1C(=O)N(C(C)=O)N=C1C. The maximum Gasteiger partial charge on any atom is 0.266 e. The van der Waals surface area contributed by atoms with E-state index in [0.717, 1.165) is 5.01 Å². The average Bonchev–Trinajstić information content (AvgIpc) is 2.26. The van der Waals surface area contributed by atoms with E-state index in [1.54, 1.807) is 6.92 Å². The Balaban J connectivity index is 2.99. The fourth-order valence-corrected chi connectivity index (χ4v) is 1.26. The summed E-state index contributed by atoms with van der Waals surface area (Å²) >= 11 is 0. The molecular formula is C8H10N2O3. The van der Waals surface area contributed by atoms with Gasteiger partial charge in [-0.25, -0.2) is 0 Å². The molecule has 0 aromatic carbocycles. The second-order valence-corrected chi connectivity index (χ2v) is 2.95. The van der Waals surface area contributed by atoms with Gasteiger partial charge in [-0.05, 0) is 13.8 Å². The third-order valence-electron chi connectivity index (χ3n) is 1.84. The molecule has 0 saturated carbocycles. The second-order valence-electron chi connectivity index (χ2n) is 2.95. The van der Waals surface area contributed by atoms with E-state index in [1.165, 1.54) is 13.8 Å². The van der Waals surface area contributed by atoms with E-state index in [4.69, 9.17) is 0 Å². The van der Waals surface area contributed by atoms with Crippen LogP contribution in [-0.4, -0.2) is 28.3 Å². The lowest BCUT2D eigenvalue weighted by molar-refractivity contribution is -0.144. The van der Waals surface area contributed by atoms with E-state index in [1.807, 2.05) is 0 Å². The summed E-state index contributed by atoms with van der Waals surface area (Å²) in [5, 5.41) is 4.44. The third kappa shape index (κ3) is 1.49. The van der Waals surface area contributed by atoms with Crippen molar-refractivity contribution in [1.82, 2.24) is 5.01 Å². The normalized spacial score (nSPS) is 21.8. The smallest absolute Gasteiger partial charge is 0.266 e. The van der Waals surface area contributed by atoms with Crippen LogP contribution in [-0.2, 0) is 14.4 Å². The quantitative estimate of drug-likeness (QED) is 0.534. The van der Waals surface area contributed by atoms with Crippen molar-refractivity contribution in [1.29, 1.82) is 0 Å². The molecule has 0 aromatic heterocycles. The second kappa shape index (κ2) is 3.08. The third-order valence-corrected chi connectivity index (χ3v) is 1.84. The number of imide groups is 1. The van der Waals surface area contributed by atoms with Gasteiger partial charge in [-0.15, -0.1) is 0 Å². The number of ketones is 1. The Kier molecular flexibility index (Phi) is 2.27. The molecule has 70 valence electrons. The van der Waals surface area contributed by atoms with Crippen LogP contribution in [0.5, 0.6) is 0 Å². The first-order chi connectivity index (χ1) is 5.95. The van der Waals surface area contributed by atoms with Crippen molar-refractivity contribution in [3.8, 4) is 0 Å². The Bertz CT molecular complexity index is 319. The predicted molar refractivity (Wildman–Crippen MR) is 44.8 cm³/mol. The lowest BCUT2D eigenvalue weighted by Crippen LogP contribution is -2.33. The van der Waals surface area contributed by atoms with Gasteiger partial charge in [-0.2, -0.15) is 10.1 Å². The highest BCUT2D eigenvalue weighted by atomic mass is 16.2. The minimum atomic E-state index is -0.858. The number of hydrogen-bond acceptors (Lipinski definition) is 4. The largest absolute Gasteiger partial charge is 0.299 e. The van der Waals surface area contributed by atoms with Crippen molar-refractivity contribution in [2.75, 3.05) is 0 Å². The Morgan fingerprint density at radius 1 is 1.38 bits per heavy atom. The van der Waals surface area contributed by atoms with Crippen LogP contribution in [0.15, 0.2) is 5.10 Å².